The van der Waals surface area contributed by atoms with Crippen LogP contribution in [0.4, 0.5) is 8.78 Å². The molecule has 0 amide bonds. The van der Waals surface area contributed by atoms with Crippen LogP contribution in [0.3, 0.4) is 0 Å². The van der Waals surface area contributed by atoms with Crippen molar-refractivity contribution in [1.29, 1.82) is 0 Å². The SMILES string of the molecule is CC12CC(CC(=O)c3ccc(F)cc3F)(C1)C2. The van der Waals surface area contributed by atoms with Crippen LogP contribution in [-0.4, -0.2) is 5.78 Å². The van der Waals surface area contributed by atoms with Crippen LogP contribution in [0.1, 0.15) is 43.0 Å². The van der Waals surface area contributed by atoms with E-state index in [0.717, 1.165) is 31.4 Å². The van der Waals surface area contributed by atoms with Gasteiger partial charge in [0.2, 0.25) is 0 Å². The molecule has 0 radical (unpaired) electrons. The Bertz CT molecular complexity index is 487. The van der Waals surface area contributed by atoms with Gasteiger partial charge in [-0.1, -0.05) is 6.92 Å². The Morgan fingerprint density at radius 2 is 1.94 bits per heavy atom. The largest absolute Gasteiger partial charge is 0.294 e. The topological polar surface area (TPSA) is 17.1 Å². The fourth-order valence-corrected chi connectivity index (χ4v) is 3.90. The molecule has 17 heavy (non-hydrogen) atoms. The number of carbonyl (C=O) groups is 1. The Morgan fingerprint density at radius 3 is 2.47 bits per heavy atom. The van der Waals surface area contributed by atoms with Crippen molar-refractivity contribution >= 4 is 5.78 Å². The summed E-state index contributed by atoms with van der Waals surface area (Å²) in [6.45, 7) is 2.22. The highest BCUT2D eigenvalue weighted by Gasteiger charge is 2.64. The van der Waals surface area contributed by atoms with Gasteiger partial charge in [-0.15, -0.1) is 0 Å². The summed E-state index contributed by atoms with van der Waals surface area (Å²) < 4.78 is 26.2. The summed E-state index contributed by atoms with van der Waals surface area (Å²) in [5.41, 5.74) is 0.607. The summed E-state index contributed by atoms with van der Waals surface area (Å²) in [6.07, 6.45) is 3.64. The lowest BCUT2D eigenvalue weighted by molar-refractivity contribution is -0.187. The van der Waals surface area contributed by atoms with E-state index in [0.29, 0.717) is 11.8 Å². The molecule has 1 nitrogen and oxygen atoms in total. The van der Waals surface area contributed by atoms with Crippen LogP contribution >= 0.6 is 0 Å². The van der Waals surface area contributed by atoms with Gasteiger partial charge in [-0.3, -0.25) is 4.79 Å². The summed E-state index contributed by atoms with van der Waals surface area (Å²) >= 11 is 0. The molecular formula is C14H14F2O. The predicted octanol–water partition coefficient (Wildman–Crippen LogP) is 3.73. The number of hydrogen-bond acceptors (Lipinski definition) is 1. The number of rotatable bonds is 3. The van der Waals surface area contributed by atoms with Crippen molar-refractivity contribution in [3.05, 3.63) is 35.4 Å². The van der Waals surface area contributed by atoms with Gasteiger partial charge in [-0.2, -0.15) is 0 Å². The minimum atomic E-state index is -0.743. The van der Waals surface area contributed by atoms with Crippen molar-refractivity contribution in [2.45, 2.75) is 32.6 Å². The molecule has 1 aromatic carbocycles. The van der Waals surface area contributed by atoms with Crippen molar-refractivity contribution in [2.24, 2.45) is 10.8 Å². The van der Waals surface area contributed by atoms with E-state index in [2.05, 4.69) is 6.92 Å². The third-order valence-corrected chi connectivity index (χ3v) is 4.17. The third-order valence-electron chi connectivity index (χ3n) is 4.17. The lowest BCUT2D eigenvalue weighted by Gasteiger charge is -2.70. The molecule has 1 aromatic rings. The standard InChI is InChI=1S/C14H14F2O/c1-13-6-14(7-13,8-13)5-12(17)10-3-2-9(15)4-11(10)16/h2-4H,5-8H2,1H3. The second kappa shape index (κ2) is 3.15. The number of ketones is 1. The molecule has 3 saturated carbocycles. The van der Waals surface area contributed by atoms with Gasteiger partial charge in [0.15, 0.2) is 5.78 Å². The first-order valence-electron chi connectivity index (χ1n) is 5.90. The summed E-state index contributed by atoms with van der Waals surface area (Å²) in [6, 6.07) is 3.16. The van der Waals surface area contributed by atoms with Gasteiger partial charge in [-0.25, -0.2) is 8.78 Å². The first-order chi connectivity index (χ1) is 7.91. The number of benzene rings is 1. The Hall–Kier alpha value is -1.25. The van der Waals surface area contributed by atoms with E-state index >= 15 is 0 Å². The van der Waals surface area contributed by atoms with Gasteiger partial charge >= 0.3 is 0 Å². The highest BCUT2D eigenvalue weighted by molar-refractivity contribution is 5.97. The van der Waals surface area contributed by atoms with E-state index in [1.165, 1.54) is 6.07 Å². The molecule has 0 atom stereocenters. The molecule has 0 aromatic heterocycles. The molecule has 0 spiro atoms. The van der Waals surface area contributed by atoms with Gasteiger partial charge in [0.25, 0.3) is 0 Å². The minimum absolute atomic E-state index is 0.0290. The van der Waals surface area contributed by atoms with E-state index in [1.807, 2.05) is 0 Å². The number of halogens is 2. The van der Waals surface area contributed by atoms with E-state index in [1.54, 1.807) is 0 Å². The zero-order valence-electron chi connectivity index (χ0n) is 9.72. The molecule has 3 aliphatic carbocycles. The van der Waals surface area contributed by atoms with Crippen molar-refractivity contribution in [3.8, 4) is 0 Å². The van der Waals surface area contributed by atoms with Crippen LogP contribution in [0, 0.1) is 22.5 Å². The predicted molar refractivity (Wildman–Crippen MR) is 59.7 cm³/mol. The monoisotopic (exact) mass is 236 g/mol. The van der Waals surface area contributed by atoms with Crippen LogP contribution in [0.2, 0.25) is 0 Å². The van der Waals surface area contributed by atoms with Crippen LogP contribution in [-0.2, 0) is 0 Å². The van der Waals surface area contributed by atoms with Crippen molar-refractivity contribution in [3.63, 3.8) is 0 Å². The van der Waals surface area contributed by atoms with Crippen molar-refractivity contribution in [2.75, 3.05) is 0 Å². The molecule has 3 heteroatoms. The van der Waals surface area contributed by atoms with Gasteiger partial charge in [0.1, 0.15) is 11.6 Å². The van der Waals surface area contributed by atoms with E-state index in [-0.39, 0.29) is 16.8 Å². The van der Waals surface area contributed by atoms with E-state index in [9.17, 15) is 13.6 Å². The zero-order chi connectivity index (χ0) is 12.3. The van der Waals surface area contributed by atoms with Crippen molar-refractivity contribution < 1.29 is 13.6 Å². The number of carbonyl (C=O) groups excluding carboxylic acids is 1. The quantitative estimate of drug-likeness (QED) is 0.731. The Morgan fingerprint density at radius 1 is 1.29 bits per heavy atom. The average Bonchev–Trinajstić information content (AvgIpc) is 2.13. The highest BCUT2D eigenvalue weighted by atomic mass is 19.1. The first kappa shape index (κ1) is 10.9. The molecule has 0 N–H and O–H groups in total. The molecule has 0 unspecified atom stereocenters. The second-order valence-electron chi connectivity index (χ2n) is 6.07. The summed E-state index contributed by atoms with van der Waals surface area (Å²) in [4.78, 5) is 12.0. The molecule has 0 saturated heterocycles. The molecule has 2 bridgehead atoms. The van der Waals surface area contributed by atoms with Crippen LogP contribution in [0.25, 0.3) is 0 Å². The molecule has 4 rings (SSSR count). The van der Waals surface area contributed by atoms with Crippen molar-refractivity contribution in [1.82, 2.24) is 0 Å². The molecule has 0 heterocycles. The fraction of sp³-hybridized carbons (Fsp3) is 0.500. The molecule has 0 aliphatic heterocycles. The smallest absolute Gasteiger partial charge is 0.166 e. The Kier molecular flexibility index (Phi) is 2.02. The lowest BCUT2D eigenvalue weighted by Crippen LogP contribution is -2.60. The van der Waals surface area contributed by atoms with Gasteiger partial charge < -0.3 is 0 Å². The minimum Gasteiger partial charge on any atom is -0.294 e. The maximum absolute atomic E-state index is 13.4. The van der Waals surface area contributed by atoms with Gasteiger partial charge in [0, 0.05) is 12.5 Å². The summed E-state index contributed by atoms with van der Waals surface area (Å²) in [5.74, 6) is -1.57. The Balaban J connectivity index is 1.74. The average molecular weight is 236 g/mol. The maximum atomic E-state index is 13.4. The van der Waals surface area contributed by atoms with E-state index in [4.69, 9.17) is 0 Å². The molecule has 3 fully saturated rings. The third kappa shape index (κ3) is 1.60. The van der Waals surface area contributed by atoms with Gasteiger partial charge in [-0.05, 0) is 42.2 Å². The lowest BCUT2D eigenvalue weighted by atomic mass is 9.35. The van der Waals surface area contributed by atoms with Gasteiger partial charge in [0.05, 0.1) is 5.56 Å². The van der Waals surface area contributed by atoms with E-state index < -0.39 is 11.6 Å². The van der Waals surface area contributed by atoms with Crippen LogP contribution in [0.15, 0.2) is 18.2 Å². The first-order valence-corrected chi connectivity index (χ1v) is 5.90. The number of Topliss-reactive ketones (excluding diaryl/α,β-unsaturated/α-hetero) is 1. The fourth-order valence-electron chi connectivity index (χ4n) is 3.90. The molecular weight excluding hydrogens is 222 g/mol. The second-order valence-corrected chi connectivity index (χ2v) is 6.07. The normalized spacial score (nSPS) is 33.8. The summed E-state index contributed by atoms with van der Waals surface area (Å²) in [5, 5.41) is 0. The summed E-state index contributed by atoms with van der Waals surface area (Å²) in [7, 11) is 0. The molecule has 3 aliphatic rings. The number of hydrogen-bond donors (Lipinski definition) is 0. The maximum Gasteiger partial charge on any atom is 0.166 e. The van der Waals surface area contributed by atoms with Crippen LogP contribution in [0.5, 0.6) is 0 Å². The van der Waals surface area contributed by atoms with Crippen LogP contribution < -0.4 is 0 Å². The zero-order valence-corrected chi connectivity index (χ0v) is 9.72. The molecule has 90 valence electrons. The Labute approximate surface area is 98.8 Å². The highest BCUT2D eigenvalue weighted by Crippen LogP contribution is 2.74.